The topological polar surface area (TPSA) is 118 Å². The van der Waals surface area contributed by atoms with E-state index in [9.17, 15) is 14.9 Å². The first-order chi connectivity index (χ1) is 15.6. The molecule has 0 saturated heterocycles. The first kappa shape index (κ1) is 19.4. The summed E-state index contributed by atoms with van der Waals surface area (Å²) in [6, 6.07) is 20.3. The minimum atomic E-state index is -0.645. The van der Waals surface area contributed by atoms with Crippen molar-refractivity contribution in [1.82, 2.24) is 10.2 Å². The van der Waals surface area contributed by atoms with Crippen molar-refractivity contribution in [3.05, 3.63) is 99.9 Å². The second-order valence-electron chi connectivity index (χ2n) is 7.02. The molecule has 0 bridgehead atoms. The summed E-state index contributed by atoms with van der Waals surface area (Å²) < 4.78 is 17.0. The minimum Gasteiger partial charge on any atom is -0.457 e. The fraction of sp³-hybridized carbons (Fsp3) is 0.0870. The Bertz CT molecular complexity index is 1270. The standard InChI is InChI=1S/C23H15N3O6/c27-23(21-16-5-1-3-7-18(16)31-19-8-4-2-6-17(19)21)30-13-20-24-25-22(32-20)14-9-11-15(12-10-14)26(28)29/h1-12,21H,13H2. The molecule has 2 heterocycles. The molecule has 1 aromatic heterocycles. The molecule has 5 rings (SSSR count). The smallest absolute Gasteiger partial charge is 0.318 e. The number of esters is 1. The second kappa shape index (κ2) is 7.95. The number of nitro groups is 1. The molecule has 1 aliphatic heterocycles. The first-order valence-corrected chi connectivity index (χ1v) is 9.70. The number of carbonyl (C=O) groups excluding carboxylic acids is 1. The van der Waals surface area contributed by atoms with Gasteiger partial charge in [-0.3, -0.25) is 14.9 Å². The number of hydrogen-bond donors (Lipinski definition) is 0. The maximum atomic E-state index is 13.0. The van der Waals surface area contributed by atoms with Crippen LogP contribution in [0.15, 0.2) is 77.2 Å². The largest absolute Gasteiger partial charge is 0.457 e. The molecule has 9 heteroatoms. The lowest BCUT2D eigenvalue weighted by Gasteiger charge is -2.26. The average molecular weight is 429 g/mol. The van der Waals surface area contributed by atoms with Crippen LogP contribution in [0, 0.1) is 10.1 Å². The maximum Gasteiger partial charge on any atom is 0.318 e. The van der Waals surface area contributed by atoms with Gasteiger partial charge in [-0.1, -0.05) is 36.4 Å². The number of rotatable bonds is 5. The van der Waals surface area contributed by atoms with E-state index in [4.69, 9.17) is 13.9 Å². The Kier molecular flexibility index (Phi) is 4.83. The molecule has 158 valence electrons. The Labute approximate surface area is 181 Å². The number of para-hydroxylation sites is 2. The number of aromatic nitrogens is 2. The third-order valence-electron chi connectivity index (χ3n) is 5.05. The molecule has 32 heavy (non-hydrogen) atoms. The molecular weight excluding hydrogens is 414 g/mol. The number of hydrogen-bond acceptors (Lipinski definition) is 8. The van der Waals surface area contributed by atoms with Gasteiger partial charge in [0.15, 0.2) is 6.61 Å². The normalized spacial score (nSPS) is 12.4. The monoisotopic (exact) mass is 429 g/mol. The molecule has 1 aliphatic rings. The highest BCUT2D eigenvalue weighted by Crippen LogP contribution is 2.44. The number of non-ortho nitro benzene ring substituents is 1. The van der Waals surface area contributed by atoms with Crippen LogP contribution in [0.2, 0.25) is 0 Å². The van der Waals surface area contributed by atoms with E-state index in [1.165, 1.54) is 24.3 Å². The SMILES string of the molecule is O=C(OCc1nnc(-c2ccc([N+](=O)[O-])cc2)o1)C1c2ccccc2Oc2ccccc21. The van der Waals surface area contributed by atoms with E-state index in [1.807, 2.05) is 36.4 Å². The van der Waals surface area contributed by atoms with Crippen molar-refractivity contribution in [3.63, 3.8) is 0 Å². The predicted molar refractivity (Wildman–Crippen MR) is 111 cm³/mol. The summed E-state index contributed by atoms with van der Waals surface area (Å²) in [6.45, 7) is -0.208. The van der Waals surface area contributed by atoms with Crippen LogP contribution in [0.25, 0.3) is 11.5 Å². The number of nitro benzene ring substituents is 1. The van der Waals surface area contributed by atoms with E-state index in [-0.39, 0.29) is 24.1 Å². The summed E-state index contributed by atoms with van der Waals surface area (Å²) in [5, 5.41) is 18.6. The average Bonchev–Trinajstić information content (AvgIpc) is 3.30. The van der Waals surface area contributed by atoms with Crippen LogP contribution in [0.4, 0.5) is 5.69 Å². The molecule has 0 saturated carbocycles. The fourth-order valence-electron chi connectivity index (χ4n) is 3.53. The Hall–Kier alpha value is -4.53. The molecule has 0 aliphatic carbocycles. The van der Waals surface area contributed by atoms with Gasteiger partial charge in [-0.05, 0) is 24.3 Å². The number of nitrogens with zero attached hydrogens (tertiary/aromatic N) is 3. The number of benzene rings is 3. The van der Waals surface area contributed by atoms with E-state index in [0.29, 0.717) is 28.2 Å². The van der Waals surface area contributed by atoms with Crippen LogP contribution in [-0.2, 0) is 16.1 Å². The van der Waals surface area contributed by atoms with Crippen molar-refractivity contribution in [1.29, 1.82) is 0 Å². The molecule has 0 amide bonds. The molecule has 0 unspecified atom stereocenters. The van der Waals surface area contributed by atoms with Crippen LogP contribution in [0.1, 0.15) is 22.9 Å². The molecule has 0 atom stereocenters. The third kappa shape index (κ3) is 3.56. The van der Waals surface area contributed by atoms with Crippen LogP contribution < -0.4 is 4.74 Å². The predicted octanol–water partition coefficient (Wildman–Crippen LogP) is 4.63. The molecule has 0 N–H and O–H groups in total. The number of carbonyl (C=O) groups is 1. The van der Waals surface area contributed by atoms with Gasteiger partial charge >= 0.3 is 5.97 Å². The van der Waals surface area contributed by atoms with E-state index in [2.05, 4.69) is 10.2 Å². The van der Waals surface area contributed by atoms with Crippen LogP contribution in [0.5, 0.6) is 11.5 Å². The molecule has 3 aromatic carbocycles. The van der Waals surface area contributed by atoms with Gasteiger partial charge < -0.3 is 13.9 Å². The van der Waals surface area contributed by atoms with Crippen molar-refractivity contribution >= 4 is 11.7 Å². The van der Waals surface area contributed by atoms with E-state index in [1.54, 1.807) is 12.1 Å². The van der Waals surface area contributed by atoms with E-state index >= 15 is 0 Å². The van der Waals surface area contributed by atoms with Crippen LogP contribution in [-0.4, -0.2) is 21.1 Å². The van der Waals surface area contributed by atoms with Gasteiger partial charge in [-0.25, -0.2) is 0 Å². The number of ether oxygens (including phenoxy) is 2. The minimum absolute atomic E-state index is 0.0422. The Morgan fingerprint density at radius 1 is 0.938 bits per heavy atom. The molecule has 0 fully saturated rings. The molecule has 0 spiro atoms. The summed E-state index contributed by atoms with van der Waals surface area (Å²) in [7, 11) is 0. The lowest BCUT2D eigenvalue weighted by Crippen LogP contribution is -2.21. The summed E-state index contributed by atoms with van der Waals surface area (Å²) in [4.78, 5) is 23.3. The highest BCUT2D eigenvalue weighted by molar-refractivity contribution is 5.85. The molecule has 0 radical (unpaired) electrons. The van der Waals surface area contributed by atoms with Crippen molar-refractivity contribution in [3.8, 4) is 23.0 Å². The zero-order chi connectivity index (χ0) is 22.1. The van der Waals surface area contributed by atoms with Gasteiger partial charge in [0.1, 0.15) is 17.4 Å². The van der Waals surface area contributed by atoms with E-state index < -0.39 is 16.8 Å². The van der Waals surface area contributed by atoms with Crippen LogP contribution in [0.3, 0.4) is 0 Å². The van der Waals surface area contributed by atoms with Crippen LogP contribution >= 0.6 is 0 Å². The van der Waals surface area contributed by atoms with Gasteiger partial charge in [0.2, 0.25) is 5.89 Å². The van der Waals surface area contributed by atoms with Crippen molar-refractivity contribution < 1.29 is 23.6 Å². The lowest BCUT2D eigenvalue weighted by atomic mass is 9.88. The molecule has 4 aromatic rings. The highest BCUT2D eigenvalue weighted by Gasteiger charge is 2.33. The molecule has 9 nitrogen and oxygen atoms in total. The zero-order valence-electron chi connectivity index (χ0n) is 16.5. The summed E-state index contributed by atoms with van der Waals surface area (Å²) in [6.07, 6.45) is 0. The quantitative estimate of drug-likeness (QED) is 0.256. The van der Waals surface area contributed by atoms with Crippen molar-refractivity contribution in [2.75, 3.05) is 0 Å². The Morgan fingerprint density at radius 3 is 2.19 bits per heavy atom. The lowest BCUT2D eigenvalue weighted by molar-refractivity contribution is -0.384. The highest BCUT2D eigenvalue weighted by atomic mass is 16.6. The van der Waals surface area contributed by atoms with Gasteiger partial charge in [0, 0.05) is 28.8 Å². The van der Waals surface area contributed by atoms with Gasteiger partial charge in [-0.15, -0.1) is 10.2 Å². The first-order valence-electron chi connectivity index (χ1n) is 9.70. The van der Waals surface area contributed by atoms with Gasteiger partial charge in [-0.2, -0.15) is 0 Å². The Balaban J connectivity index is 1.33. The third-order valence-corrected chi connectivity index (χ3v) is 5.05. The van der Waals surface area contributed by atoms with Crippen molar-refractivity contribution in [2.45, 2.75) is 12.5 Å². The summed E-state index contributed by atoms with van der Waals surface area (Å²) in [5.41, 5.74) is 1.91. The summed E-state index contributed by atoms with van der Waals surface area (Å²) in [5.74, 6) is 0.377. The van der Waals surface area contributed by atoms with Gasteiger partial charge in [0.05, 0.1) is 4.92 Å². The summed E-state index contributed by atoms with van der Waals surface area (Å²) >= 11 is 0. The van der Waals surface area contributed by atoms with E-state index in [0.717, 1.165) is 0 Å². The second-order valence-corrected chi connectivity index (χ2v) is 7.02. The molecular formula is C23H15N3O6. The van der Waals surface area contributed by atoms with Gasteiger partial charge in [0.25, 0.3) is 11.6 Å². The number of fused-ring (bicyclic) bond motifs is 2. The Morgan fingerprint density at radius 2 is 1.56 bits per heavy atom. The maximum absolute atomic E-state index is 13.0. The zero-order valence-corrected chi connectivity index (χ0v) is 16.5. The van der Waals surface area contributed by atoms with Crippen molar-refractivity contribution in [2.24, 2.45) is 0 Å². The fourth-order valence-corrected chi connectivity index (χ4v) is 3.53.